The number of nitrogens with zero attached hydrogens (tertiary/aromatic N) is 1. The lowest BCUT2D eigenvalue weighted by atomic mass is 10.1. The van der Waals surface area contributed by atoms with Gasteiger partial charge >= 0.3 is 5.97 Å². The van der Waals surface area contributed by atoms with Gasteiger partial charge in [0, 0.05) is 25.3 Å². The second-order valence-electron chi connectivity index (χ2n) is 8.18. The van der Waals surface area contributed by atoms with Crippen LogP contribution in [0, 0.1) is 5.92 Å². The molecule has 2 unspecified atom stereocenters. The first-order chi connectivity index (χ1) is 14.8. The normalized spacial score (nSPS) is 21.2. The minimum Gasteiger partial charge on any atom is -0.492 e. The van der Waals surface area contributed by atoms with Crippen LogP contribution in [0.15, 0.2) is 22.7 Å². The molecule has 2 heterocycles. The standard InChI is InChI=1S/C22H29BrN2O6/c1-14(2)12-30-19-6-5-15(10-17(19)23)22(28)25-8-7-24-21(27)18(25)11-20(26)31-13-16-4-3-9-29-16/h5-6,10,14,16,18H,3-4,7-9,11-13H2,1-2H3,(H,24,27). The van der Waals surface area contributed by atoms with Gasteiger partial charge in [-0.3, -0.25) is 14.4 Å². The summed E-state index contributed by atoms with van der Waals surface area (Å²) in [5.41, 5.74) is 0.413. The number of esters is 1. The Balaban J connectivity index is 1.65. The van der Waals surface area contributed by atoms with E-state index in [0.29, 0.717) is 48.0 Å². The molecule has 1 aromatic rings. The van der Waals surface area contributed by atoms with Crippen LogP contribution in [-0.2, 0) is 19.1 Å². The van der Waals surface area contributed by atoms with E-state index in [1.165, 1.54) is 4.90 Å². The summed E-state index contributed by atoms with van der Waals surface area (Å²) in [4.78, 5) is 39.3. The van der Waals surface area contributed by atoms with Crippen molar-refractivity contribution in [1.82, 2.24) is 10.2 Å². The van der Waals surface area contributed by atoms with Gasteiger partial charge in [-0.05, 0) is 52.9 Å². The number of amides is 2. The molecule has 3 rings (SSSR count). The number of halogens is 1. The van der Waals surface area contributed by atoms with Gasteiger partial charge in [-0.2, -0.15) is 0 Å². The molecule has 0 aliphatic carbocycles. The molecule has 2 atom stereocenters. The van der Waals surface area contributed by atoms with Crippen molar-refractivity contribution in [2.45, 2.75) is 45.3 Å². The van der Waals surface area contributed by atoms with E-state index in [0.717, 1.165) is 12.8 Å². The van der Waals surface area contributed by atoms with Crippen molar-refractivity contribution in [1.29, 1.82) is 0 Å². The molecule has 1 aromatic carbocycles. The zero-order chi connectivity index (χ0) is 22.4. The lowest BCUT2D eigenvalue weighted by molar-refractivity contribution is -0.150. The largest absolute Gasteiger partial charge is 0.492 e. The van der Waals surface area contributed by atoms with Gasteiger partial charge in [0.25, 0.3) is 5.91 Å². The van der Waals surface area contributed by atoms with Crippen LogP contribution in [0.2, 0.25) is 0 Å². The summed E-state index contributed by atoms with van der Waals surface area (Å²) in [6.45, 7) is 6.17. The molecule has 1 N–H and O–H groups in total. The summed E-state index contributed by atoms with van der Waals surface area (Å²) in [6, 6.07) is 4.17. The van der Waals surface area contributed by atoms with Crippen LogP contribution in [0.25, 0.3) is 0 Å². The average molecular weight is 497 g/mol. The maximum atomic E-state index is 13.1. The van der Waals surface area contributed by atoms with Crippen LogP contribution in [-0.4, -0.2) is 67.7 Å². The molecule has 0 bridgehead atoms. The van der Waals surface area contributed by atoms with E-state index in [9.17, 15) is 14.4 Å². The first kappa shape index (κ1) is 23.5. The second kappa shape index (κ2) is 10.9. The number of benzene rings is 1. The molecule has 2 fully saturated rings. The van der Waals surface area contributed by atoms with Gasteiger partial charge in [-0.1, -0.05) is 13.8 Å². The molecule has 2 aliphatic heterocycles. The summed E-state index contributed by atoms with van der Waals surface area (Å²) in [6.07, 6.45) is 1.52. The number of carbonyl (C=O) groups excluding carboxylic acids is 3. The third-order valence-corrected chi connectivity index (χ3v) is 5.78. The topological polar surface area (TPSA) is 94.2 Å². The van der Waals surface area contributed by atoms with E-state index in [1.54, 1.807) is 18.2 Å². The Labute approximate surface area is 190 Å². The molecule has 31 heavy (non-hydrogen) atoms. The van der Waals surface area contributed by atoms with Crippen molar-refractivity contribution in [3.05, 3.63) is 28.2 Å². The lowest BCUT2D eigenvalue weighted by Crippen LogP contribution is -2.57. The van der Waals surface area contributed by atoms with E-state index in [1.807, 2.05) is 0 Å². The van der Waals surface area contributed by atoms with Crippen molar-refractivity contribution < 1.29 is 28.6 Å². The predicted octanol–water partition coefficient (Wildman–Crippen LogP) is 2.54. The number of hydrogen-bond acceptors (Lipinski definition) is 6. The van der Waals surface area contributed by atoms with Crippen molar-refractivity contribution in [3.63, 3.8) is 0 Å². The summed E-state index contributed by atoms with van der Waals surface area (Å²) >= 11 is 3.45. The highest BCUT2D eigenvalue weighted by atomic mass is 79.9. The molecule has 0 radical (unpaired) electrons. The minimum absolute atomic E-state index is 0.0874. The van der Waals surface area contributed by atoms with Crippen LogP contribution in [0.4, 0.5) is 0 Å². The van der Waals surface area contributed by atoms with Crippen LogP contribution in [0.5, 0.6) is 5.75 Å². The summed E-state index contributed by atoms with van der Waals surface area (Å²) in [7, 11) is 0. The molecule has 2 saturated heterocycles. The van der Waals surface area contributed by atoms with E-state index in [-0.39, 0.29) is 30.9 Å². The Kier molecular flexibility index (Phi) is 8.31. The van der Waals surface area contributed by atoms with Crippen LogP contribution in [0.3, 0.4) is 0 Å². The number of ether oxygens (including phenoxy) is 3. The quantitative estimate of drug-likeness (QED) is 0.555. The maximum Gasteiger partial charge on any atom is 0.308 e. The first-order valence-corrected chi connectivity index (χ1v) is 11.4. The number of rotatable bonds is 8. The van der Waals surface area contributed by atoms with Gasteiger partial charge in [0.2, 0.25) is 5.91 Å². The molecular weight excluding hydrogens is 468 g/mol. The number of carbonyl (C=O) groups is 3. The smallest absolute Gasteiger partial charge is 0.308 e. The second-order valence-corrected chi connectivity index (χ2v) is 9.03. The van der Waals surface area contributed by atoms with Gasteiger partial charge in [0.05, 0.1) is 23.6 Å². The van der Waals surface area contributed by atoms with Gasteiger partial charge in [-0.25, -0.2) is 0 Å². The van der Waals surface area contributed by atoms with Crippen molar-refractivity contribution in [2.75, 3.05) is 32.9 Å². The maximum absolute atomic E-state index is 13.1. The van der Waals surface area contributed by atoms with E-state index in [4.69, 9.17) is 14.2 Å². The Bertz CT molecular complexity index is 809. The molecule has 0 spiro atoms. The van der Waals surface area contributed by atoms with Crippen molar-refractivity contribution in [3.8, 4) is 5.75 Å². The van der Waals surface area contributed by atoms with E-state index < -0.39 is 12.0 Å². The summed E-state index contributed by atoms with van der Waals surface area (Å²) in [5.74, 6) is -0.168. The highest BCUT2D eigenvalue weighted by Crippen LogP contribution is 2.28. The molecule has 2 amide bonds. The number of piperazine rings is 1. The summed E-state index contributed by atoms with van der Waals surface area (Å²) < 4.78 is 17.1. The average Bonchev–Trinajstić information content (AvgIpc) is 3.26. The minimum atomic E-state index is -0.908. The van der Waals surface area contributed by atoms with Crippen molar-refractivity contribution >= 4 is 33.7 Å². The molecule has 9 heteroatoms. The first-order valence-electron chi connectivity index (χ1n) is 10.6. The van der Waals surface area contributed by atoms with Gasteiger partial charge in [0.15, 0.2) is 0 Å². The Morgan fingerprint density at radius 3 is 2.84 bits per heavy atom. The monoisotopic (exact) mass is 496 g/mol. The lowest BCUT2D eigenvalue weighted by Gasteiger charge is -2.34. The fourth-order valence-corrected chi connectivity index (χ4v) is 4.01. The third kappa shape index (κ3) is 6.43. The molecule has 8 nitrogen and oxygen atoms in total. The SMILES string of the molecule is CC(C)COc1ccc(C(=O)N2CCNC(=O)C2CC(=O)OCC2CCCO2)cc1Br. The summed E-state index contributed by atoms with van der Waals surface area (Å²) in [5, 5.41) is 2.72. The van der Waals surface area contributed by atoms with Gasteiger partial charge < -0.3 is 24.4 Å². The zero-order valence-corrected chi connectivity index (χ0v) is 19.5. The van der Waals surface area contributed by atoms with Crippen LogP contribution >= 0.6 is 15.9 Å². The van der Waals surface area contributed by atoms with Crippen LogP contribution in [0.1, 0.15) is 43.5 Å². The highest BCUT2D eigenvalue weighted by Gasteiger charge is 2.36. The number of hydrogen-bond donors (Lipinski definition) is 1. The van der Waals surface area contributed by atoms with Gasteiger partial charge in [-0.15, -0.1) is 0 Å². The molecule has 2 aliphatic rings. The number of nitrogens with one attached hydrogen (secondary N) is 1. The van der Waals surface area contributed by atoms with E-state index >= 15 is 0 Å². The molecule has 170 valence electrons. The zero-order valence-electron chi connectivity index (χ0n) is 17.9. The third-order valence-electron chi connectivity index (χ3n) is 5.16. The highest BCUT2D eigenvalue weighted by molar-refractivity contribution is 9.10. The molecular formula is C22H29BrN2O6. The van der Waals surface area contributed by atoms with Crippen LogP contribution < -0.4 is 10.1 Å². The predicted molar refractivity (Wildman–Crippen MR) is 117 cm³/mol. The van der Waals surface area contributed by atoms with Gasteiger partial charge in [0.1, 0.15) is 18.4 Å². The Hall–Kier alpha value is -2.13. The Morgan fingerprint density at radius 1 is 1.35 bits per heavy atom. The fourth-order valence-electron chi connectivity index (χ4n) is 3.51. The van der Waals surface area contributed by atoms with Crippen molar-refractivity contribution in [2.24, 2.45) is 5.92 Å². The Morgan fingerprint density at radius 2 is 2.16 bits per heavy atom. The molecule has 0 saturated carbocycles. The fraction of sp³-hybridized carbons (Fsp3) is 0.591. The van der Waals surface area contributed by atoms with E-state index in [2.05, 4.69) is 35.1 Å². The molecule has 0 aromatic heterocycles.